The van der Waals surface area contributed by atoms with Gasteiger partial charge in [-0.15, -0.1) is 0 Å². The Morgan fingerprint density at radius 2 is 2.17 bits per heavy atom. The van der Waals surface area contributed by atoms with Crippen molar-refractivity contribution >= 4 is 40.2 Å². The van der Waals surface area contributed by atoms with Crippen molar-refractivity contribution in [2.45, 2.75) is 0 Å². The molecule has 3 aromatic rings. The van der Waals surface area contributed by atoms with E-state index >= 15 is 0 Å². The maximum Gasteiger partial charge on any atom is 0.243 e. The molecule has 0 aliphatic heterocycles. The molecule has 0 saturated heterocycles. The summed E-state index contributed by atoms with van der Waals surface area (Å²) in [5.74, 6) is 0.742. The molecule has 2 aromatic heterocycles. The summed E-state index contributed by atoms with van der Waals surface area (Å²) in [7, 11) is 1.54. The summed E-state index contributed by atoms with van der Waals surface area (Å²) in [4.78, 5) is 27.0. The fourth-order valence-electron chi connectivity index (χ4n) is 2.04. The summed E-state index contributed by atoms with van der Waals surface area (Å²) in [5, 5.41) is 5.72. The van der Waals surface area contributed by atoms with Crippen molar-refractivity contribution in [1.82, 2.24) is 19.9 Å². The van der Waals surface area contributed by atoms with Crippen LogP contribution in [0, 0.1) is 0 Å². The highest BCUT2D eigenvalue weighted by Crippen LogP contribution is 2.23. The number of rotatable bonds is 5. The summed E-state index contributed by atoms with van der Waals surface area (Å²) in [5.41, 5.74) is 1.60. The van der Waals surface area contributed by atoms with Crippen molar-refractivity contribution in [3.63, 3.8) is 0 Å². The minimum atomic E-state index is -0.253. The highest BCUT2D eigenvalue weighted by molar-refractivity contribution is 6.28. The average Bonchev–Trinajstić information content (AvgIpc) is 3.01. The molecule has 0 fully saturated rings. The molecule has 0 spiro atoms. The van der Waals surface area contributed by atoms with E-state index in [0.29, 0.717) is 28.4 Å². The standard InChI is InChI=1S/C14H13ClN6O2/c1-23-9-5-3-2-4-8(9)19-10(22)6-16-12-11-13(18-7-17-11)21-14(15)20-12/h2-5,7H,6H2,1H3,(H,19,22)(H2,16,17,18,20,21). The van der Waals surface area contributed by atoms with Crippen molar-refractivity contribution in [3.8, 4) is 5.75 Å². The predicted molar refractivity (Wildman–Crippen MR) is 86.8 cm³/mol. The first-order chi connectivity index (χ1) is 11.2. The van der Waals surface area contributed by atoms with Crippen molar-refractivity contribution in [3.05, 3.63) is 35.9 Å². The summed E-state index contributed by atoms with van der Waals surface area (Å²) in [6, 6.07) is 7.15. The quantitative estimate of drug-likeness (QED) is 0.618. The lowest BCUT2D eigenvalue weighted by molar-refractivity contribution is -0.114. The normalized spacial score (nSPS) is 10.5. The molecule has 23 heavy (non-hydrogen) atoms. The predicted octanol–water partition coefficient (Wildman–Crippen LogP) is 2.07. The van der Waals surface area contributed by atoms with E-state index in [1.807, 2.05) is 12.1 Å². The number of methoxy groups -OCH3 is 1. The number of amides is 1. The Labute approximate surface area is 136 Å². The number of H-pyrrole nitrogens is 1. The SMILES string of the molecule is COc1ccccc1NC(=O)CNc1nc(Cl)nc2nc[nH]c12. The zero-order valence-electron chi connectivity index (χ0n) is 12.1. The van der Waals surface area contributed by atoms with Crippen LogP contribution >= 0.6 is 11.6 Å². The van der Waals surface area contributed by atoms with Gasteiger partial charge in [0.15, 0.2) is 11.5 Å². The fraction of sp³-hybridized carbons (Fsp3) is 0.143. The van der Waals surface area contributed by atoms with Gasteiger partial charge in [-0.1, -0.05) is 12.1 Å². The molecule has 8 nitrogen and oxygen atoms in total. The van der Waals surface area contributed by atoms with Gasteiger partial charge in [0, 0.05) is 0 Å². The Morgan fingerprint density at radius 1 is 1.35 bits per heavy atom. The minimum absolute atomic E-state index is 0.000485. The number of hydrogen-bond acceptors (Lipinski definition) is 6. The first-order valence-electron chi connectivity index (χ1n) is 6.70. The molecule has 9 heteroatoms. The Balaban J connectivity index is 1.70. The third kappa shape index (κ3) is 3.32. The molecule has 0 aliphatic rings. The zero-order chi connectivity index (χ0) is 16.2. The third-order valence-corrected chi connectivity index (χ3v) is 3.22. The third-order valence-electron chi connectivity index (χ3n) is 3.06. The van der Waals surface area contributed by atoms with Crippen molar-refractivity contribution < 1.29 is 9.53 Å². The van der Waals surface area contributed by atoms with Crippen LogP contribution in [0.5, 0.6) is 5.75 Å². The molecular formula is C14H13ClN6O2. The summed E-state index contributed by atoms with van der Waals surface area (Å²) >= 11 is 5.83. The number of imidazole rings is 1. The Morgan fingerprint density at radius 3 is 3.00 bits per heavy atom. The molecule has 0 aliphatic carbocycles. The summed E-state index contributed by atoms with van der Waals surface area (Å²) in [6.45, 7) is -0.000485. The van der Waals surface area contributed by atoms with Crippen LogP contribution in [0.25, 0.3) is 11.2 Å². The van der Waals surface area contributed by atoms with E-state index in [1.165, 1.54) is 6.33 Å². The molecule has 1 aromatic carbocycles. The summed E-state index contributed by atoms with van der Waals surface area (Å²) in [6.07, 6.45) is 1.48. The first-order valence-corrected chi connectivity index (χ1v) is 7.08. The van der Waals surface area contributed by atoms with Gasteiger partial charge in [-0.2, -0.15) is 9.97 Å². The van der Waals surface area contributed by atoms with E-state index in [0.717, 1.165) is 0 Å². The molecule has 1 amide bonds. The maximum absolute atomic E-state index is 12.1. The van der Waals surface area contributed by atoms with Gasteiger partial charge < -0.3 is 20.4 Å². The average molecular weight is 333 g/mol. The largest absolute Gasteiger partial charge is 0.495 e. The van der Waals surface area contributed by atoms with Crippen molar-refractivity contribution in [2.24, 2.45) is 0 Å². The maximum atomic E-state index is 12.1. The Kier molecular flexibility index (Phi) is 4.24. The number of nitrogens with zero attached hydrogens (tertiary/aromatic N) is 3. The van der Waals surface area contributed by atoms with E-state index < -0.39 is 0 Å². The smallest absolute Gasteiger partial charge is 0.243 e. The molecule has 0 saturated carbocycles. The molecule has 3 N–H and O–H groups in total. The second kappa shape index (κ2) is 6.49. The van der Waals surface area contributed by atoms with Crippen LogP contribution in [-0.2, 0) is 4.79 Å². The van der Waals surface area contributed by atoms with Crippen LogP contribution in [0.3, 0.4) is 0 Å². The molecule has 0 atom stereocenters. The number of hydrogen-bond donors (Lipinski definition) is 3. The number of carbonyl (C=O) groups is 1. The molecule has 0 radical (unpaired) electrons. The second-order valence-corrected chi connectivity index (χ2v) is 4.88. The lowest BCUT2D eigenvalue weighted by atomic mass is 10.3. The van der Waals surface area contributed by atoms with Crippen molar-refractivity contribution in [1.29, 1.82) is 0 Å². The van der Waals surface area contributed by atoms with Gasteiger partial charge in [-0.3, -0.25) is 4.79 Å². The van der Waals surface area contributed by atoms with Gasteiger partial charge >= 0.3 is 0 Å². The number of fused-ring (bicyclic) bond motifs is 1. The van der Waals surface area contributed by atoms with Crippen molar-refractivity contribution in [2.75, 3.05) is 24.3 Å². The molecule has 0 unspecified atom stereocenters. The molecule has 118 valence electrons. The van der Waals surface area contributed by atoms with E-state index in [9.17, 15) is 4.79 Å². The Hall–Kier alpha value is -2.87. The number of aromatic nitrogens is 4. The van der Waals surface area contributed by atoms with Crippen LogP contribution in [0.4, 0.5) is 11.5 Å². The zero-order valence-corrected chi connectivity index (χ0v) is 12.9. The van der Waals surface area contributed by atoms with E-state index in [4.69, 9.17) is 16.3 Å². The number of halogens is 1. The monoisotopic (exact) mass is 332 g/mol. The fourth-order valence-corrected chi connectivity index (χ4v) is 2.21. The molecule has 3 rings (SSSR count). The highest BCUT2D eigenvalue weighted by Gasteiger charge is 2.11. The number of nitrogens with one attached hydrogen (secondary N) is 3. The number of carbonyl (C=O) groups excluding carboxylic acids is 1. The number of anilines is 2. The number of aromatic amines is 1. The van der Waals surface area contributed by atoms with E-state index in [-0.39, 0.29) is 17.7 Å². The lowest BCUT2D eigenvalue weighted by Gasteiger charge is -2.10. The van der Waals surface area contributed by atoms with Crippen LogP contribution in [-0.4, -0.2) is 39.5 Å². The first kappa shape index (κ1) is 15.0. The molecule has 2 heterocycles. The van der Waals surface area contributed by atoms with E-state index in [2.05, 4.69) is 30.6 Å². The summed E-state index contributed by atoms with van der Waals surface area (Å²) < 4.78 is 5.19. The Bertz CT molecular complexity index is 850. The van der Waals surface area contributed by atoms with Crippen LogP contribution in [0.15, 0.2) is 30.6 Å². The number of ether oxygens (including phenoxy) is 1. The minimum Gasteiger partial charge on any atom is -0.495 e. The van der Waals surface area contributed by atoms with Gasteiger partial charge in [-0.25, -0.2) is 4.98 Å². The number of para-hydroxylation sites is 2. The highest BCUT2D eigenvalue weighted by atomic mass is 35.5. The van der Waals surface area contributed by atoms with Gasteiger partial charge in [0.25, 0.3) is 0 Å². The number of benzene rings is 1. The molecule has 0 bridgehead atoms. The topological polar surface area (TPSA) is 105 Å². The second-order valence-electron chi connectivity index (χ2n) is 4.54. The van der Waals surface area contributed by atoms with E-state index in [1.54, 1.807) is 19.2 Å². The van der Waals surface area contributed by atoms with Gasteiger partial charge in [0.05, 0.1) is 25.7 Å². The lowest BCUT2D eigenvalue weighted by Crippen LogP contribution is -2.22. The van der Waals surface area contributed by atoms with Crippen LogP contribution < -0.4 is 15.4 Å². The molecular weight excluding hydrogens is 320 g/mol. The van der Waals surface area contributed by atoms with Gasteiger partial charge in [0.2, 0.25) is 11.2 Å². The van der Waals surface area contributed by atoms with Crippen LogP contribution in [0.2, 0.25) is 5.28 Å². The van der Waals surface area contributed by atoms with Gasteiger partial charge in [0.1, 0.15) is 11.3 Å². The van der Waals surface area contributed by atoms with Crippen LogP contribution in [0.1, 0.15) is 0 Å². The van der Waals surface area contributed by atoms with Gasteiger partial charge in [-0.05, 0) is 23.7 Å².